The second kappa shape index (κ2) is 13.6. The normalized spacial score (nSPS) is 11.1. The van der Waals surface area contributed by atoms with Crippen LogP contribution in [0.5, 0.6) is 11.5 Å². The molecule has 8 nitrogen and oxygen atoms in total. The lowest BCUT2D eigenvalue weighted by Crippen LogP contribution is -2.39. The van der Waals surface area contributed by atoms with E-state index in [9.17, 15) is 14.7 Å². The van der Waals surface area contributed by atoms with Gasteiger partial charge in [-0.2, -0.15) is 0 Å². The standard InChI is InChI=1S/C19H20O3.C9H16O5/c1-13(2)18(21)22-17-11-7-15(8-12-17)19(3,4)14-5-9-16(20)10-6-14;1-7(2)8(13)14-6-9(3-10,4-11)5-12/h5-12,20H,1H2,2-4H3;10-12H,1,3-6H2,2H3. The summed E-state index contributed by atoms with van der Waals surface area (Å²) in [4.78, 5) is 22.5. The number of ether oxygens (including phenoxy) is 2. The van der Waals surface area contributed by atoms with Crippen LogP contribution < -0.4 is 4.74 Å². The summed E-state index contributed by atoms with van der Waals surface area (Å²) in [5.41, 5.74) is 1.39. The molecule has 0 aliphatic heterocycles. The minimum absolute atomic E-state index is 0.218. The summed E-state index contributed by atoms with van der Waals surface area (Å²) < 4.78 is 9.92. The fourth-order valence-corrected chi connectivity index (χ4v) is 2.81. The molecule has 0 aliphatic carbocycles. The molecule has 0 aromatic heterocycles. The van der Waals surface area contributed by atoms with Crippen molar-refractivity contribution in [3.8, 4) is 11.5 Å². The molecule has 0 radical (unpaired) electrons. The summed E-state index contributed by atoms with van der Waals surface area (Å²) in [5, 5.41) is 36.1. The van der Waals surface area contributed by atoms with Gasteiger partial charge in [0.1, 0.15) is 18.1 Å². The highest BCUT2D eigenvalue weighted by molar-refractivity contribution is 5.88. The molecule has 8 heteroatoms. The molecule has 0 saturated carbocycles. The van der Waals surface area contributed by atoms with E-state index in [2.05, 4.69) is 27.0 Å². The van der Waals surface area contributed by atoms with Crippen LogP contribution in [0.4, 0.5) is 0 Å². The molecule has 0 heterocycles. The summed E-state index contributed by atoms with van der Waals surface area (Å²) in [7, 11) is 0. The largest absolute Gasteiger partial charge is 0.508 e. The maximum Gasteiger partial charge on any atom is 0.338 e. The van der Waals surface area contributed by atoms with Crippen molar-refractivity contribution in [3.63, 3.8) is 0 Å². The maximum atomic E-state index is 11.5. The number of phenolic OH excluding ortho intramolecular Hbond substituents is 1. The Morgan fingerprint density at radius 3 is 1.58 bits per heavy atom. The Morgan fingerprint density at radius 2 is 1.19 bits per heavy atom. The van der Waals surface area contributed by atoms with Crippen molar-refractivity contribution in [3.05, 3.63) is 84.0 Å². The smallest absolute Gasteiger partial charge is 0.338 e. The molecular weight excluding hydrogens is 464 g/mol. The molecule has 0 fully saturated rings. The van der Waals surface area contributed by atoms with Crippen molar-refractivity contribution in [2.75, 3.05) is 26.4 Å². The Hall–Kier alpha value is -3.46. The number of aromatic hydroxyl groups is 1. The highest BCUT2D eigenvalue weighted by Crippen LogP contribution is 2.33. The number of benzene rings is 2. The van der Waals surface area contributed by atoms with E-state index in [4.69, 9.17) is 24.8 Å². The molecular formula is C28H36O8. The molecule has 0 amide bonds. The van der Waals surface area contributed by atoms with Gasteiger partial charge in [0.15, 0.2) is 0 Å². The summed E-state index contributed by atoms with van der Waals surface area (Å²) in [5.74, 6) is -0.282. The van der Waals surface area contributed by atoms with Crippen LogP contribution in [-0.4, -0.2) is 58.8 Å². The highest BCUT2D eigenvalue weighted by Gasteiger charge is 2.30. The third kappa shape index (κ3) is 8.64. The number of aliphatic hydroxyl groups is 3. The quantitative estimate of drug-likeness (QED) is 0.222. The van der Waals surface area contributed by atoms with Crippen molar-refractivity contribution in [2.24, 2.45) is 5.41 Å². The minimum atomic E-state index is -1.18. The van der Waals surface area contributed by atoms with Crippen LogP contribution in [-0.2, 0) is 19.7 Å². The number of hydrogen-bond donors (Lipinski definition) is 4. The first-order valence-corrected chi connectivity index (χ1v) is 11.2. The number of hydrogen-bond acceptors (Lipinski definition) is 8. The zero-order chi connectivity index (χ0) is 27.5. The molecule has 0 bridgehead atoms. The molecule has 0 aliphatic rings. The van der Waals surface area contributed by atoms with E-state index in [0.717, 1.165) is 11.1 Å². The zero-order valence-electron chi connectivity index (χ0n) is 21.3. The molecule has 0 spiro atoms. The SMILES string of the molecule is C=C(C)C(=O)OCC(CO)(CO)CO.C=C(C)C(=O)Oc1ccc(C(C)(C)c2ccc(O)cc2)cc1. The lowest BCUT2D eigenvalue weighted by Gasteiger charge is -2.26. The molecule has 2 aromatic rings. The highest BCUT2D eigenvalue weighted by atomic mass is 16.5. The predicted octanol–water partition coefficient (Wildman–Crippen LogP) is 3.27. The van der Waals surface area contributed by atoms with E-state index >= 15 is 0 Å². The first kappa shape index (κ1) is 30.6. The second-order valence-electron chi connectivity index (χ2n) is 9.20. The van der Waals surface area contributed by atoms with Crippen molar-refractivity contribution >= 4 is 11.9 Å². The van der Waals surface area contributed by atoms with Crippen molar-refractivity contribution < 1.29 is 39.5 Å². The molecule has 2 aromatic carbocycles. The molecule has 36 heavy (non-hydrogen) atoms. The third-order valence-electron chi connectivity index (χ3n) is 5.59. The monoisotopic (exact) mass is 500 g/mol. The van der Waals surface area contributed by atoms with Crippen molar-refractivity contribution in [1.29, 1.82) is 0 Å². The Labute approximate surface area is 212 Å². The van der Waals surface area contributed by atoms with Crippen LogP contribution in [0, 0.1) is 5.41 Å². The molecule has 2 rings (SSSR count). The average Bonchev–Trinajstić information content (AvgIpc) is 2.86. The van der Waals surface area contributed by atoms with Gasteiger partial charge >= 0.3 is 11.9 Å². The van der Waals surface area contributed by atoms with Crippen LogP contribution in [0.15, 0.2) is 72.8 Å². The van der Waals surface area contributed by atoms with Gasteiger partial charge < -0.3 is 29.9 Å². The fraction of sp³-hybridized carbons (Fsp3) is 0.357. The Kier molecular flexibility index (Phi) is 11.5. The van der Waals surface area contributed by atoms with E-state index < -0.39 is 37.2 Å². The van der Waals surface area contributed by atoms with Gasteiger partial charge in [0, 0.05) is 16.6 Å². The molecule has 4 N–H and O–H groups in total. The van der Waals surface area contributed by atoms with Gasteiger partial charge in [-0.25, -0.2) is 9.59 Å². The summed E-state index contributed by atoms with van der Waals surface area (Å²) in [6.07, 6.45) is 0. The number of rotatable bonds is 10. The summed E-state index contributed by atoms with van der Waals surface area (Å²) >= 11 is 0. The number of carbonyl (C=O) groups is 2. The number of phenols is 1. The van der Waals surface area contributed by atoms with Gasteiger partial charge in [-0.15, -0.1) is 0 Å². The van der Waals surface area contributed by atoms with Gasteiger partial charge in [-0.05, 0) is 49.2 Å². The minimum Gasteiger partial charge on any atom is -0.508 e. The van der Waals surface area contributed by atoms with Gasteiger partial charge in [-0.3, -0.25) is 0 Å². The van der Waals surface area contributed by atoms with E-state index in [1.165, 1.54) is 6.92 Å². The van der Waals surface area contributed by atoms with Crippen LogP contribution >= 0.6 is 0 Å². The topological polar surface area (TPSA) is 134 Å². The van der Waals surface area contributed by atoms with Gasteiger partial charge in [0.2, 0.25) is 0 Å². The third-order valence-corrected chi connectivity index (χ3v) is 5.59. The van der Waals surface area contributed by atoms with E-state index in [0.29, 0.717) is 11.3 Å². The first-order chi connectivity index (χ1) is 16.8. The number of aliphatic hydroxyl groups excluding tert-OH is 3. The molecule has 196 valence electrons. The lowest BCUT2D eigenvalue weighted by molar-refractivity contribution is -0.146. The summed E-state index contributed by atoms with van der Waals surface area (Å²) in [6.45, 7) is 12.6. The Morgan fingerprint density at radius 1 is 0.778 bits per heavy atom. The van der Waals surface area contributed by atoms with Crippen molar-refractivity contribution in [1.82, 2.24) is 0 Å². The first-order valence-electron chi connectivity index (χ1n) is 11.2. The molecule has 0 atom stereocenters. The number of carbonyl (C=O) groups excluding carboxylic acids is 2. The van der Waals surface area contributed by atoms with Crippen LogP contribution in [0.2, 0.25) is 0 Å². The van der Waals surface area contributed by atoms with Crippen LogP contribution in [0.3, 0.4) is 0 Å². The number of esters is 2. The van der Waals surface area contributed by atoms with Crippen LogP contribution in [0.1, 0.15) is 38.8 Å². The predicted molar refractivity (Wildman–Crippen MR) is 137 cm³/mol. The molecule has 0 saturated heterocycles. The fourth-order valence-electron chi connectivity index (χ4n) is 2.81. The second-order valence-corrected chi connectivity index (χ2v) is 9.20. The Balaban J connectivity index is 0.000000402. The van der Waals surface area contributed by atoms with E-state index in [-0.39, 0.29) is 23.3 Å². The van der Waals surface area contributed by atoms with E-state index in [1.807, 2.05) is 24.3 Å². The van der Waals surface area contributed by atoms with Gasteiger partial charge in [-0.1, -0.05) is 51.3 Å². The van der Waals surface area contributed by atoms with Crippen molar-refractivity contribution in [2.45, 2.75) is 33.1 Å². The zero-order valence-corrected chi connectivity index (χ0v) is 21.3. The maximum absolute atomic E-state index is 11.5. The summed E-state index contributed by atoms with van der Waals surface area (Å²) in [6, 6.07) is 14.6. The van der Waals surface area contributed by atoms with E-state index in [1.54, 1.807) is 31.2 Å². The lowest BCUT2D eigenvalue weighted by atomic mass is 9.78. The average molecular weight is 501 g/mol. The van der Waals surface area contributed by atoms with Crippen LogP contribution in [0.25, 0.3) is 0 Å². The van der Waals surface area contributed by atoms with Gasteiger partial charge in [0.25, 0.3) is 0 Å². The Bertz CT molecular complexity index is 1020. The molecule has 0 unspecified atom stereocenters. The van der Waals surface area contributed by atoms with Gasteiger partial charge in [0.05, 0.1) is 25.2 Å².